The summed E-state index contributed by atoms with van der Waals surface area (Å²) in [5.41, 5.74) is 1.67. The number of nitrogens with zero attached hydrogens (tertiary/aromatic N) is 1. The summed E-state index contributed by atoms with van der Waals surface area (Å²) in [5.74, 6) is -1.03. The molecule has 1 amide bonds. The van der Waals surface area contributed by atoms with Crippen LogP contribution in [-0.4, -0.2) is 28.7 Å². The molecule has 0 saturated heterocycles. The van der Waals surface area contributed by atoms with Crippen molar-refractivity contribution in [2.75, 3.05) is 6.54 Å². The molecule has 1 heterocycles. The number of pyridine rings is 1. The molecule has 0 spiro atoms. The molecule has 0 saturated carbocycles. The molecule has 2 rings (SSSR count). The fourth-order valence-electron chi connectivity index (χ4n) is 1.78. The van der Waals surface area contributed by atoms with Crippen LogP contribution in [0.3, 0.4) is 0 Å². The lowest BCUT2D eigenvalue weighted by atomic mass is 10.2. The molecule has 0 aliphatic rings. The third-order valence-corrected chi connectivity index (χ3v) is 2.89. The van der Waals surface area contributed by atoms with Crippen molar-refractivity contribution in [3.63, 3.8) is 0 Å². The first-order chi connectivity index (χ1) is 11.1. The number of benzene rings is 1. The van der Waals surface area contributed by atoms with Crippen LogP contribution in [0.5, 0.6) is 0 Å². The van der Waals surface area contributed by atoms with Crippen LogP contribution >= 0.6 is 0 Å². The molecule has 23 heavy (non-hydrogen) atoms. The third kappa shape index (κ3) is 5.62. The van der Waals surface area contributed by atoms with Gasteiger partial charge in [-0.15, -0.1) is 0 Å². The average Bonchev–Trinajstić information content (AvgIpc) is 2.58. The highest BCUT2D eigenvalue weighted by Gasteiger charge is 2.03. The molecule has 0 aliphatic carbocycles. The normalized spacial score (nSPS) is 10.4. The Morgan fingerprint density at radius 2 is 2.00 bits per heavy atom. The maximum Gasteiger partial charge on any atom is 0.407 e. The van der Waals surface area contributed by atoms with Gasteiger partial charge in [0.25, 0.3) is 0 Å². The highest BCUT2D eigenvalue weighted by atomic mass is 16.5. The molecule has 1 aromatic heterocycles. The van der Waals surface area contributed by atoms with E-state index in [1.165, 1.54) is 18.5 Å². The lowest BCUT2D eigenvalue weighted by molar-refractivity contribution is 0.0696. The second-order valence-corrected chi connectivity index (χ2v) is 4.66. The Balaban J connectivity index is 1.74. The smallest absolute Gasteiger partial charge is 0.407 e. The van der Waals surface area contributed by atoms with E-state index in [4.69, 9.17) is 9.84 Å². The van der Waals surface area contributed by atoms with E-state index in [0.29, 0.717) is 5.56 Å². The van der Waals surface area contributed by atoms with Gasteiger partial charge in [0.15, 0.2) is 0 Å². The lowest BCUT2D eigenvalue weighted by Gasteiger charge is -2.05. The Kier molecular flexibility index (Phi) is 5.88. The number of ether oxygens (including phenoxy) is 1. The average molecular weight is 312 g/mol. The van der Waals surface area contributed by atoms with E-state index in [9.17, 15) is 9.59 Å². The van der Waals surface area contributed by atoms with Crippen LogP contribution in [0.4, 0.5) is 4.79 Å². The number of carboxylic acids is 1. The van der Waals surface area contributed by atoms with Crippen LogP contribution in [0.25, 0.3) is 6.08 Å². The quantitative estimate of drug-likeness (QED) is 0.856. The number of nitrogens with one attached hydrogen (secondary N) is 1. The Morgan fingerprint density at radius 1 is 1.22 bits per heavy atom. The standard InChI is InChI=1S/C17H16N2O4/c20-16(21)15-9-14(10-18-11-15)7-4-8-19-17(22)23-12-13-5-2-1-3-6-13/h1-7,9-11H,8,12H2,(H,19,22)(H,20,21). The third-order valence-electron chi connectivity index (χ3n) is 2.89. The number of carboxylic acid groups (broad SMARTS) is 1. The number of hydrogen-bond donors (Lipinski definition) is 2. The van der Waals surface area contributed by atoms with Crippen LogP contribution in [0.1, 0.15) is 21.5 Å². The Bertz CT molecular complexity index is 699. The topological polar surface area (TPSA) is 88.5 Å². The molecule has 6 nitrogen and oxygen atoms in total. The van der Waals surface area contributed by atoms with Gasteiger partial charge >= 0.3 is 12.1 Å². The fourth-order valence-corrected chi connectivity index (χ4v) is 1.78. The first-order valence-corrected chi connectivity index (χ1v) is 6.94. The molecule has 118 valence electrons. The van der Waals surface area contributed by atoms with E-state index in [1.54, 1.807) is 12.2 Å². The first-order valence-electron chi connectivity index (χ1n) is 6.94. The maximum atomic E-state index is 11.5. The van der Waals surface area contributed by atoms with Crippen LogP contribution < -0.4 is 5.32 Å². The molecule has 2 N–H and O–H groups in total. The molecule has 2 aromatic rings. The van der Waals surface area contributed by atoms with Gasteiger partial charge in [-0.3, -0.25) is 4.98 Å². The van der Waals surface area contributed by atoms with Crippen molar-refractivity contribution < 1.29 is 19.4 Å². The minimum atomic E-state index is -1.03. The number of carbonyl (C=O) groups excluding carboxylic acids is 1. The summed E-state index contributed by atoms with van der Waals surface area (Å²) in [6, 6.07) is 10.9. The van der Waals surface area contributed by atoms with Crippen LogP contribution in [0.15, 0.2) is 54.9 Å². The van der Waals surface area contributed by atoms with Gasteiger partial charge in [0.05, 0.1) is 5.56 Å². The Labute approximate surface area is 133 Å². The van der Waals surface area contributed by atoms with Crippen LogP contribution in [0, 0.1) is 0 Å². The number of aromatic carboxylic acids is 1. The summed E-state index contributed by atoms with van der Waals surface area (Å²) in [7, 11) is 0. The maximum absolute atomic E-state index is 11.5. The minimum Gasteiger partial charge on any atom is -0.478 e. The predicted molar refractivity (Wildman–Crippen MR) is 84.9 cm³/mol. The largest absolute Gasteiger partial charge is 0.478 e. The van der Waals surface area contributed by atoms with Crippen molar-refractivity contribution in [1.29, 1.82) is 0 Å². The van der Waals surface area contributed by atoms with Crippen molar-refractivity contribution in [3.8, 4) is 0 Å². The van der Waals surface area contributed by atoms with E-state index >= 15 is 0 Å². The van der Waals surface area contributed by atoms with Gasteiger partial charge in [-0.2, -0.15) is 0 Å². The molecule has 0 radical (unpaired) electrons. The summed E-state index contributed by atoms with van der Waals surface area (Å²) in [6.45, 7) is 0.478. The van der Waals surface area contributed by atoms with E-state index in [-0.39, 0.29) is 18.7 Å². The fraction of sp³-hybridized carbons (Fsp3) is 0.118. The molecule has 6 heteroatoms. The molecular formula is C17H16N2O4. The van der Waals surface area contributed by atoms with Crippen molar-refractivity contribution in [2.24, 2.45) is 0 Å². The van der Waals surface area contributed by atoms with Crippen LogP contribution in [0.2, 0.25) is 0 Å². The van der Waals surface area contributed by atoms with Gasteiger partial charge in [-0.05, 0) is 17.2 Å². The summed E-state index contributed by atoms with van der Waals surface area (Å²) in [4.78, 5) is 26.2. The molecule has 1 aromatic carbocycles. The van der Waals surface area contributed by atoms with E-state index < -0.39 is 12.1 Å². The predicted octanol–water partition coefficient (Wildman–Crippen LogP) is 2.72. The highest BCUT2D eigenvalue weighted by molar-refractivity contribution is 5.87. The van der Waals surface area contributed by atoms with Gasteiger partial charge in [-0.25, -0.2) is 9.59 Å². The number of carbonyl (C=O) groups is 2. The first kappa shape index (κ1) is 16.2. The molecule has 0 atom stereocenters. The zero-order valence-electron chi connectivity index (χ0n) is 12.3. The second kappa shape index (κ2) is 8.33. The Hall–Kier alpha value is -3.15. The number of hydrogen-bond acceptors (Lipinski definition) is 4. The van der Waals surface area contributed by atoms with Crippen molar-refractivity contribution in [2.45, 2.75) is 6.61 Å². The number of rotatable bonds is 6. The molecule has 0 fully saturated rings. The van der Waals surface area contributed by atoms with Gasteiger partial charge in [-0.1, -0.05) is 42.5 Å². The van der Waals surface area contributed by atoms with Crippen molar-refractivity contribution in [1.82, 2.24) is 10.3 Å². The molecule has 0 unspecified atom stereocenters. The van der Waals surface area contributed by atoms with E-state index in [1.807, 2.05) is 30.3 Å². The summed E-state index contributed by atoms with van der Waals surface area (Å²) < 4.78 is 5.06. The van der Waals surface area contributed by atoms with Gasteiger partial charge in [0.1, 0.15) is 6.61 Å². The number of alkyl carbamates (subject to hydrolysis) is 1. The second-order valence-electron chi connectivity index (χ2n) is 4.66. The number of aromatic nitrogens is 1. The molecule has 0 bridgehead atoms. The summed E-state index contributed by atoms with van der Waals surface area (Å²) >= 11 is 0. The van der Waals surface area contributed by atoms with Crippen LogP contribution in [-0.2, 0) is 11.3 Å². The van der Waals surface area contributed by atoms with Gasteiger partial charge < -0.3 is 15.2 Å². The zero-order valence-corrected chi connectivity index (χ0v) is 12.3. The summed E-state index contributed by atoms with van der Waals surface area (Å²) in [6.07, 6.45) is 5.66. The zero-order chi connectivity index (χ0) is 16.5. The van der Waals surface area contributed by atoms with Gasteiger partial charge in [0.2, 0.25) is 0 Å². The van der Waals surface area contributed by atoms with Crippen molar-refractivity contribution >= 4 is 18.1 Å². The van der Waals surface area contributed by atoms with Gasteiger partial charge in [0, 0.05) is 18.9 Å². The number of amides is 1. The molecular weight excluding hydrogens is 296 g/mol. The summed E-state index contributed by atoms with van der Waals surface area (Å²) in [5, 5.41) is 11.4. The minimum absolute atomic E-state index is 0.113. The lowest BCUT2D eigenvalue weighted by Crippen LogP contribution is -2.24. The molecule has 0 aliphatic heterocycles. The highest BCUT2D eigenvalue weighted by Crippen LogP contribution is 2.04. The van der Waals surface area contributed by atoms with E-state index in [0.717, 1.165) is 5.56 Å². The Morgan fingerprint density at radius 3 is 2.74 bits per heavy atom. The monoisotopic (exact) mass is 312 g/mol. The van der Waals surface area contributed by atoms with E-state index in [2.05, 4.69) is 10.3 Å². The SMILES string of the molecule is O=C(NCC=Cc1cncc(C(=O)O)c1)OCc1ccccc1. The van der Waals surface area contributed by atoms with Crippen molar-refractivity contribution in [3.05, 3.63) is 71.6 Å².